The number of aromatic nitrogens is 3. The van der Waals surface area contributed by atoms with Crippen LogP contribution in [0.2, 0.25) is 0 Å². The number of benzene rings is 1. The molecule has 0 bridgehead atoms. The maximum Gasteiger partial charge on any atom is 0.274 e. The monoisotopic (exact) mass is 566 g/mol. The van der Waals surface area contributed by atoms with Gasteiger partial charge in [-0.3, -0.25) is 24.4 Å². The highest BCUT2D eigenvalue weighted by molar-refractivity contribution is 6.20. The van der Waals surface area contributed by atoms with Crippen LogP contribution in [0.25, 0.3) is 0 Å². The standard InChI is InChI=1S/C29H34N6O4.ClH/c1-5-35-24-10-9-22(18-25(24)33(4)27(37)29(2,3)28(35)38)39-17-7-15-34(16-11-21-8-6-12-30-19-21)26(36)23-20-31-13-14-32-23;/h6,8-10,12-14,18-20H,5,7,11,15-17H2,1-4H3;1H. The molecule has 212 valence electrons. The Balaban J connectivity index is 0.00000441. The van der Waals surface area contributed by atoms with Gasteiger partial charge in [0.25, 0.3) is 5.91 Å². The van der Waals surface area contributed by atoms with Crippen molar-refractivity contribution in [3.05, 3.63) is 72.6 Å². The van der Waals surface area contributed by atoms with Crippen LogP contribution in [0.5, 0.6) is 5.75 Å². The first kappa shape index (κ1) is 30.5. The highest BCUT2D eigenvalue weighted by Crippen LogP contribution is 2.40. The number of halogens is 1. The van der Waals surface area contributed by atoms with E-state index in [0.29, 0.717) is 61.9 Å². The van der Waals surface area contributed by atoms with Crippen LogP contribution in [-0.2, 0) is 16.0 Å². The molecule has 0 radical (unpaired) electrons. The van der Waals surface area contributed by atoms with Crippen molar-refractivity contribution in [1.82, 2.24) is 19.9 Å². The number of ether oxygens (including phenoxy) is 1. The summed E-state index contributed by atoms with van der Waals surface area (Å²) in [4.78, 5) is 56.5. The Bertz CT molecular complexity index is 1320. The lowest BCUT2D eigenvalue weighted by atomic mass is 9.90. The number of amides is 3. The molecule has 3 heterocycles. The van der Waals surface area contributed by atoms with Crippen molar-refractivity contribution in [3.63, 3.8) is 0 Å². The highest BCUT2D eigenvalue weighted by atomic mass is 35.5. The molecule has 0 atom stereocenters. The largest absolute Gasteiger partial charge is 0.493 e. The predicted molar refractivity (Wildman–Crippen MR) is 155 cm³/mol. The number of nitrogens with zero attached hydrogens (tertiary/aromatic N) is 6. The van der Waals surface area contributed by atoms with Gasteiger partial charge in [-0.05, 0) is 57.4 Å². The molecule has 1 aliphatic heterocycles. The van der Waals surface area contributed by atoms with Crippen LogP contribution in [0, 0.1) is 5.41 Å². The minimum absolute atomic E-state index is 0. The number of pyridine rings is 1. The van der Waals surface area contributed by atoms with Crippen LogP contribution < -0.4 is 14.5 Å². The second-order valence-corrected chi connectivity index (χ2v) is 9.89. The molecule has 1 aliphatic rings. The lowest BCUT2D eigenvalue weighted by molar-refractivity contribution is -0.137. The molecule has 3 aromatic rings. The van der Waals surface area contributed by atoms with Crippen molar-refractivity contribution in [3.8, 4) is 5.75 Å². The number of fused-ring (bicyclic) bond motifs is 1. The summed E-state index contributed by atoms with van der Waals surface area (Å²) in [5.41, 5.74) is 1.46. The van der Waals surface area contributed by atoms with Crippen molar-refractivity contribution in [2.45, 2.75) is 33.6 Å². The first-order chi connectivity index (χ1) is 18.7. The molecule has 10 nitrogen and oxygen atoms in total. The average Bonchev–Trinajstić information content (AvgIpc) is 3.01. The lowest BCUT2D eigenvalue weighted by Gasteiger charge is -2.27. The number of hydrogen-bond acceptors (Lipinski definition) is 7. The summed E-state index contributed by atoms with van der Waals surface area (Å²) in [5, 5.41) is 0. The van der Waals surface area contributed by atoms with Gasteiger partial charge >= 0.3 is 0 Å². The van der Waals surface area contributed by atoms with E-state index < -0.39 is 5.41 Å². The van der Waals surface area contributed by atoms with E-state index in [1.807, 2.05) is 25.1 Å². The molecule has 3 amide bonds. The van der Waals surface area contributed by atoms with E-state index in [0.717, 1.165) is 5.56 Å². The van der Waals surface area contributed by atoms with Crippen molar-refractivity contribution in [2.75, 3.05) is 43.1 Å². The molecule has 1 aromatic carbocycles. The fourth-order valence-corrected chi connectivity index (χ4v) is 4.61. The van der Waals surface area contributed by atoms with Gasteiger partial charge in [-0.15, -0.1) is 12.4 Å². The minimum atomic E-state index is -1.17. The van der Waals surface area contributed by atoms with Crippen LogP contribution in [0.15, 0.2) is 61.3 Å². The number of anilines is 2. The van der Waals surface area contributed by atoms with E-state index in [1.54, 1.807) is 55.2 Å². The predicted octanol–water partition coefficient (Wildman–Crippen LogP) is 3.80. The lowest BCUT2D eigenvalue weighted by Crippen LogP contribution is -2.47. The number of carbonyl (C=O) groups excluding carboxylic acids is 3. The van der Waals surface area contributed by atoms with E-state index in [4.69, 9.17) is 4.74 Å². The van der Waals surface area contributed by atoms with Gasteiger partial charge in [-0.25, -0.2) is 4.98 Å². The Morgan fingerprint density at radius 1 is 1.00 bits per heavy atom. The third-order valence-corrected chi connectivity index (χ3v) is 6.84. The van der Waals surface area contributed by atoms with Crippen LogP contribution >= 0.6 is 12.4 Å². The SMILES string of the molecule is CCN1C(=O)C(C)(C)C(=O)N(C)c2cc(OCCCN(CCc3cccnc3)C(=O)c3cnccn3)ccc21.Cl. The zero-order chi connectivity index (χ0) is 28.0. The zero-order valence-electron chi connectivity index (χ0n) is 23.2. The normalized spacial score (nSPS) is 14.2. The maximum atomic E-state index is 13.1. The second kappa shape index (κ2) is 13.3. The molecular formula is C29H35ClN6O4. The summed E-state index contributed by atoms with van der Waals surface area (Å²) in [6.07, 6.45) is 9.26. The summed E-state index contributed by atoms with van der Waals surface area (Å²) in [7, 11) is 1.68. The quantitative estimate of drug-likeness (QED) is 0.271. The van der Waals surface area contributed by atoms with Crippen LogP contribution in [-0.4, -0.2) is 70.9 Å². The van der Waals surface area contributed by atoms with Gasteiger partial charge in [0.1, 0.15) is 16.9 Å². The molecule has 2 aromatic heterocycles. The van der Waals surface area contributed by atoms with E-state index in [-0.39, 0.29) is 30.1 Å². The Morgan fingerprint density at radius 2 is 1.77 bits per heavy atom. The smallest absolute Gasteiger partial charge is 0.274 e. The minimum Gasteiger partial charge on any atom is -0.493 e. The summed E-state index contributed by atoms with van der Waals surface area (Å²) in [5.74, 6) is -0.107. The molecule has 11 heteroatoms. The number of carbonyl (C=O) groups is 3. The Morgan fingerprint density at radius 3 is 2.45 bits per heavy atom. The van der Waals surface area contributed by atoms with Crippen molar-refractivity contribution >= 4 is 41.5 Å². The van der Waals surface area contributed by atoms with E-state index >= 15 is 0 Å². The van der Waals surface area contributed by atoms with Gasteiger partial charge in [0, 0.05) is 57.5 Å². The molecular weight excluding hydrogens is 532 g/mol. The summed E-state index contributed by atoms with van der Waals surface area (Å²) < 4.78 is 6.03. The molecule has 0 unspecified atom stereocenters. The molecule has 4 rings (SSSR count). The van der Waals surface area contributed by atoms with Gasteiger partial charge in [0.15, 0.2) is 0 Å². The van der Waals surface area contributed by atoms with Crippen molar-refractivity contribution in [2.24, 2.45) is 5.41 Å². The zero-order valence-corrected chi connectivity index (χ0v) is 24.1. The van der Waals surface area contributed by atoms with Gasteiger partial charge in [0.2, 0.25) is 11.8 Å². The third kappa shape index (κ3) is 6.56. The summed E-state index contributed by atoms with van der Waals surface area (Å²) in [6.45, 7) is 6.97. The van der Waals surface area contributed by atoms with E-state index in [9.17, 15) is 14.4 Å². The van der Waals surface area contributed by atoms with Crippen molar-refractivity contribution < 1.29 is 19.1 Å². The Labute approximate surface area is 240 Å². The topological polar surface area (TPSA) is 109 Å². The Hall–Kier alpha value is -4.05. The van der Waals surface area contributed by atoms with Gasteiger partial charge in [0.05, 0.1) is 24.2 Å². The van der Waals surface area contributed by atoms with E-state index in [2.05, 4.69) is 15.0 Å². The Kier molecular flexibility index (Phi) is 10.2. The number of hydrogen-bond donors (Lipinski definition) is 0. The fraction of sp³-hybridized carbons (Fsp3) is 0.379. The molecule has 0 N–H and O–H groups in total. The van der Waals surface area contributed by atoms with Crippen LogP contribution in [0.3, 0.4) is 0 Å². The molecule has 0 fully saturated rings. The second-order valence-electron chi connectivity index (χ2n) is 9.89. The average molecular weight is 567 g/mol. The highest BCUT2D eigenvalue weighted by Gasteiger charge is 2.45. The molecule has 0 saturated carbocycles. The summed E-state index contributed by atoms with van der Waals surface area (Å²) >= 11 is 0. The maximum absolute atomic E-state index is 13.1. The molecule has 0 spiro atoms. The van der Waals surface area contributed by atoms with E-state index in [1.165, 1.54) is 23.5 Å². The first-order valence-electron chi connectivity index (χ1n) is 13.0. The number of rotatable bonds is 10. The molecule has 0 aliphatic carbocycles. The third-order valence-electron chi connectivity index (χ3n) is 6.84. The first-order valence-corrected chi connectivity index (χ1v) is 13.0. The molecule has 40 heavy (non-hydrogen) atoms. The van der Waals surface area contributed by atoms with Gasteiger partial charge < -0.3 is 19.4 Å². The van der Waals surface area contributed by atoms with Crippen LogP contribution in [0.1, 0.15) is 43.2 Å². The van der Waals surface area contributed by atoms with Crippen molar-refractivity contribution in [1.29, 1.82) is 0 Å². The molecule has 0 saturated heterocycles. The fourth-order valence-electron chi connectivity index (χ4n) is 4.61. The summed E-state index contributed by atoms with van der Waals surface area (Å²) in [6, 6.07) is 9.26. The van der Waals surface area contributed by atoms with Gasteiger partial charge in [-0.1, -0.05) is 6.07 Å². The van der Waals surface area contributed by atoms with Crippen LogP contribution in [0.4, 0.5) is 11.4 Å². The van der Waals surface area contributed by atoms with Gasteiger partial charge in [-0.2, -0.15) is 0 Å².